The monoisotopic (exact) mass is 202 g/mol. The maximum absolute atomic E-state index is 10.6. The molecule has 0 N–H and O–H groups in total. The molecule has 1 fully saturated rings. The molecule has 0 aromatic heterocycles. The second-order valence-electron chi connectivity index (χ2n) is 4.11. The topological polar surface area (TPSA) is 20.3 Å². The number of amides is 1. The zero-order valence-electron chi connectivity index (χ0n) is 8.86. The summed E-state index contributed by atoms with van der Waals surface area (Å²) >= 11 is 0. The van der Waals surface area contributed by atoms with Gasteiger partial charge in [-0.2, -0.15) is 0 Å². The highest BCUT2D eigenvalue weighted by atomic mass is 16.1. The first-order valence-electron chi connectivity index (χ1n) is 5.58. The maximum Gasteiger partial charge on any atom is 0.312 e. The van der Waals surface area contributed by atoms with Gasteiger partial charge in [0.1, 0.15) is 0 Å². The van der Waals surface area contributed by atoms with Gasteiger partial charge in [0, 0.05) is 12.6 Å². The summed E-state index contributed by atoms with van der Waals surface area (Å²) < 4.78 is 0. The van der Waals surface area contributed by atoms with E-state index in [0.717, 1.165) is 32.2 Å². The van der Waals surface area contributed by atoms with Gasteiger partial charge < -0.3 is 4.90 Å². The molecule has 2 nitrogen and oxygen atoms in total. The maximum atomic E-state index is 10.6. The van der Waals surface area contributed by atoms with Crippen molar-refractivity contribution >= 4 is 6.41 Å². The van der Waals surface area contributed by atoms with Gasteiger partial charge in [-0.3, -0.25) is 4.79 Å². The minimum absolute atomic E-state index is 0.419. The van der Waals surface area contributed by atoms with E-state index in [0.29, 0.717) is 6.04 Å². The lowest BCUT2D eigenvalue weighted by atomic mass is 10.0. The fourth-order valence-corrected chi connectivity index (χ4v) is 2.23. The van der Waals surface area contributed by atoms with Crippen LogP contribution in [0.4, 0.5) is 0 Å². The average Bonchev–Trinajstić information content (AvgIpc) is 2.75. The SMILES string of the molecule is O=[C]N1CCCC1CCc1ccccc1. The summed E-state index contributed by atoms with van der Waals surface area (Å²) in [5.41, 5.74) is 1.36. The van der Waals surface area contributed by atoms with Gasteiger partial charge in [-0.25, -0.2) is 0 Å². The van der Waals surface area contributed by atoms with Crippen molar-refractivity contribution in [3.63, 3.8) is 0 Å². The first-order valence-corrected chi connectivity index (χ1v) is 5.58. The molecule has 1 saturated heterocycles. The number of carbonyl (C=O) groups excluding carboxylic acids is 1. The number of likely N-dealkylation sites (tertiary alicyclic amines) is 1. The third-order valence-electron chi connectivity index (χ3n) is 3.10. The average molecular weight is 202 g/mol. The third-order valence-corrected chi connectivity index (χ3v) is 3.10. The molecule has 1 radical (unpaired) electrons. The van der Waals surface area contributed by atoms with Crippen LogP contribution in [-0.4, -0.2) is 23.9 Å². The molecule has 1 atom stereocenters. The van der Waals surface area contributed by atoms with E-state index in [-0.39, 0.29) is 0 Å². The molecule has 79 valence electrons. The van der Waals surface area contributed by atoms with E-state index in [1.54, 1.807) is 0 Å². The highest BCUT2D eigenvalue weighted by Gasteiger charge is 2.22. The lowest BCUT2D eigenvalue weighted by molar-refractivity contribution is 0.343. The van der Waals surface area contributed by atoms with Crippen molar-refractivity contribution in [1.82, 2.24) is 4.90 Å². The lowest BCUT2D eigenvalue weighted by Crippen LogP contribution is -2.28. The summed E-state index contributed by atoms with van der Waals surface area (Å²) in [6, 6.07) is 10.9. The zero-order chi connectivity index (χ0) is 10.5. The van der Waals surface area contributed by atoms with E-state index in [1.165, 1.54) is 5.56 Å². The molecule has 0 aliphatic carbocycles. The number of benzene rings is 1. The Bertz CT molecular complexity index is 310. The van der Waals surface area contributed by atoms with Crippen LogP contribution in [0.2, 0.25) is 0 Å². The Balaban J connectivity index is 1.85. The Kier molecular flexibility index (Phi) is 3.38. The van der Waals surface area contributed by atoms with Crippen LogP contribution in [-0.2, 0) is 11.2 Å². The van der Waals surface area contributed by atoms with Crippen LogP contribution in [0.1, 0.15) is 24.8 Å². The molecule has 0 saturated carbocycles. The predicted octanol–water partition coefficient (Wildman–Crippen LogP) is 2.15. The Labute approximate surface area is 90.9 Å². The molecule has 0 spiro atoms. The smallest absolute Gasteiger partial charge is 0.312 e. The molecule has 1 amide bonds. The van der Waals surface area contributed by atoms with Crippen molar-refractivity contribution < 1.29 is 4.79 Å². The quantitative estimate of drug-likeness (QED) is 0.732. The molecule has 1 aliphatic heterocycles. The predicted molar refractivity (Wildman–Crippen MR) is 60.2 cm³/mol. The molecule has 2 rings (SSSR count). The van der Waals surface area contributed by atoms with Crippen LogP contribution in [0.25, 0.3) is 0 Å². The highest BCUT2D eigenvalue weighted by molar-refractivity contribution is 5.49. The Morgan fingerprint density at radius 1 is 1.33 bits per heavy atom. The number of aryl methyl sites for hydroxylation is 1. The molecule has 1 unspecified atom stereocenters. The molecule has 1 aliphatic rings. The molecule has 15 heavy (non-hydrogen) atoms. The minimum Gasteiger partial charge on any atom is -0.331 e. The van der Waals surface area contributed by atoms with E-state index in [2.05, 4.69) is 24.3 Å². The molecule has 0 bridgehead atoms. The summed E-state index contributed by atoms with van der Waals surface area (Å²) in [6.07, 6.45) is 6.44. The van der Waals surface area contributed by atoms with Crippen molar-refractivity contribution in [2.24, 2.45) is 0 Å². The van der Waals surface area contributed by atoms with Crippen LogP contribution in [0.15, 0.2) is 30.3 Å². The van der Waals surface area contributed by atoms with Crippen LogP contribution >= 0.6 is 0 Å². The van der Waals surface area contributed by atoms with E-state index < -0.39 is 0 Å². The normalized spacial score (nSPS) is 20.5. The van der Waals surface area contributed by atoms with E-state index in [4.69, 9.17) is 0 Å². The second-order valence-corrected chi connectivity index (χ2v) is 4.11. The van der Waals surface area contributed by atoms with E-state index in [1.807, 2.05) is 17.4 Å². The number of rotatable bonds is 4. The van der Waals surface area contributed by atoms with Gasteiger partial charge in [0.05, 0.1) is 0 Å². The Hall–Kier alpha value is -1.31. The van der Waals surface area contributed by atoms with Gasteiger partial charge in [-0.05, 0) is 31.2 Å². The highest BCUT2D eigenvalue weighted by Crippen LogP contribution is 2.19. The third kappa shape index (κ3) is 2.58. The fourth-order valence-electron chi connectivity index (χ4n) is 2.23. The lowest BCUT2D eigenvalue weighted by Gasteiger charge is -2.18. The van der Waals surface area contributed by atoms with Crippen LogP contribution in [0.5, 0.6) is 0 Å². The van der Waals surface area contributed by atoms with Crippen LogP contribution in [0.3, 0.4) is 0 Å². The minimum atomic E-state index is 0.419. The summed E-state index contributed by atoms with van der Waals surface area (Å²) in [5, 5.41) is 0. The van der Waals surface area contributed by atoms with Gasteiger partial charge in [0.25, 0.3) is 0 Å². The fraction of sp³-hybridized carbons (Fsp3) is 0.462. The van der Waals surface area contributed by atoms with E-state index in [9.17, 15) is 4.79 Å². The van der Waals surface area contributed by atoms with Crippen molar-refractivity contribution in [2.45, 2.75) is 31.7 Å². The summed E-state index contributed by atoms with van der Waals surface area (Å²) in [7, 11) is 0. The zero-order valence-corrected chi connectivity index (χ0v) is 8.86. The van der Waals surface area contributed by atoms with Crippen molar-refractivity contribution in [1.29, 1.82) is 0 Å². The number of nitrogens with zero attached hydrogens (tertiary/aromatic N) is 1. The van der Waals surface area contributed by atoms with Gasteiger partial charge in [-0.1, -0.05) is 30.3 Å². The summed E-state index contributed by atoms with van der Waals surface area (Å²) in [4.78, 5) is 12.5. The molecule has 1 aromatic rings. The molecular formula is C13H16NO. The first-order chi connectivity index (χ1) is 7.40. The van der Waals surface area contributed by atoms with Crippen molar-refractivity contribution in [3.8, 4) is 0 Å². The number of hydrogen-bond acceptors (Lipinski definition) is 1. The van der Waals surface area contributed by atoms with Crippen molar-refractivity contribution in [3.05, 3.63) is 35.9 Å². The van der Waals surface area contributed by atoms with Gasteiger partial charge in [-0.15, -0.1) is 0 Å². The van der Waals surface area contributed by atoms with Crippen molar-refractivity contribution in [2.75, 3.05) is 6.54 Å². The second kappa shape index (κ2) is 4.96. The van der Waals surface area contributed by atoms with Crippen LogP contribution in [0, 0.1) is 0 Å². The van der Waals surface area contributed by atoms with Gasteiger partial charge in [0.2, 0.25) is 0 Å². The largest absolute Gasteiger partial charge is 0.331 e. The molecule has 1 aromatic carbocycles. The number of hydrogen-bond donors (Lipinski definition) is 0. The molecular weight excluding hydrogens is 186 g/mol. The van der Waals surface area contributed by atoms with E-state index >= 15 is 0 Å². The van der Waals surface area contributed by atoms with Gasteiger partial charge in [0.15, 0.2) is 0 Å². The first kappa shape index (κ1) is 10.2. The molecule has 2 heteroatoms. The van der Waals surface area contributed by atoms with Crippen LogP contribution < -0.4 is 0 Å². The summed E-state index contributed by atoms with van der Waals surface area (Å²) in [6.45, 7) is 0.892. The standard InChI is InChI=1S/C13H16NO/c15-11-14-10-4-7-13(14)9-8-12-5-2-1-3-6-12/h1-3,5-6,13H,4,7-10H2. The Morgan fingerprint density at radius 2 is 2.13 bits per heavy atom. The molecule has 1 heterocycles. The summed E-state index contributed by atoms with van der Waals surface area (Å²) in [5.74, 6) is 0. The van der Waals surface area contributed by atoms with Gasteiger partial charge >= 0.3 is 6.41 Å². The Morgan fingerprint density at radius 3 is 2.87 bits per heavy atom.